The highest BCUT2D eigenvalue weighted by Crippen LogP contribution is 2.56. The number of nitrogens with zero attached hydrogens (tertiary/aromatic N) is 1. The average molecular weight is 321 g/mol. The molecule has 1 aliphatic carbocycles. The monoisotopic (exact) mass is 321 g/mol. The maximum absolute atomic E-state index is 13.4. The second-order valence-electron chi connectivity index (χ2n) is 5.82. The minimum Gasteiger partial charge on any atom is -0.468 e. The van der Waals surface area contributed by atoms with E-state index in [4.69, 9.17) is 4.74 Å². The number of methoxy groups -OCH3 is 1. The number of ether oxygens (including phenoxy) is 1. The van der Waals surface area contributed by atoms with E-state index in [-0.39, 0.29) is 11.8 Å². The van der Waals surface area contributed by atoms with Crippen molar-refractivity contribution in [2.75, 3.05) is 12.0 Å². The second kappa shape index (κ2) is 6.32. The third-order valence-corrected chi connectivity index (χ3v) is 4.46. The molecule has 2 aromatic rings. The van der Waals surface area contributed by atoms with E-state index < -0.39 is 11.4 Å². The van der Waals surface area contributed by atoms with Crippen LogP contribution in [0.15, 0.2) is 73.3 Å². The van der Waals surface area contributed by atoms with Gasteiger partial charge in [0.1, 0.15) is 0 Å². The van der Waals surface area contributed by atoms with Gasteiger partial charge in [-0.15, -0.1) is 6.58 Å². The molecule has 1 aliphatic rings. The van der Waals surface area contributed by atoms with Crippen LogP contribution >= 0.6 is 0 Å². The first-order valence-corrected chi connectivity index (χ1v) is 7.80. The van der Waals surface area contributed by atoms with Crippen LogP contribution in [0, 0.1) is 11.3 Å². The van der Waals surface area contributed by atoms with Crippen LogP contribution in [0.2, 0.25) is 0 Å². The lowest BCUT2D eigenvalue weighted by molar-refractivity contribution is -0.151. The molecule has 1 amide bonds. The highest BCUT2D eigenvalue weighted by Gasteiger charge is 2.66. The summed E-state index contributed by atoms with van der Waals surface area (Å²) in [6, 6.07) is 18.6. The highest BCUT2D eigenvalue weighted by molar-refractivity contribution is 6.16. The van der Waals surface area contributed by atoms with Crippen LogP contribution in [0.25, 0.3) is 0 Å². The Morgan fingerprint density at radius 1 is 1.08 bits per heavy atom. The van der Waals surface area contributed by atoms with Gasteiger partial charge in [0.05, 0.1) is 7.11 Å². The summed E-state index contributed by atoms with van der Waals surface area (Å²) in [5.74, 6) is -0.988. The van der Waals surface area contributed by atoms with Gasteiger partial charge in [-0.05, 0) is 30.7 Å². The molecule has 4 nitrogen and oxygen atoms in total. The Morgan fingerprint density at radius 2 is 1.58 bits per heavy atom. The topological polar surface area (TPSA) is 46.6 Å². The molecule has 3 rings (SSSR count). The molecule has 1 saturated carbocycles. The molecule has 0 saturated heterocycles. The summed E-state index contributed by atoms with van der Waals surface area (Å²) >= 11 is 0. The lowest BCUT2D eigenvalue weighted by Gasteiger charge is -2.27. The van der Waals surface area contributed by atoms with Gasteiger partial charge in [0.15, 0.2) is 5.41 Å². The molecule has 2 aromatic carbocycles. The molecule has 0 bridgehead atoms. The molecule has 0 unspecified atom stereocenters. The summed E-state index contributed by atoms with van der Waals surface area (Å²) in [6.45, 7) is 3.74. The number of anilines is 2. The van der Waals surface area contributed by atoms with Crippen molar-refractivity contribution in [3.8, 4) is 0 Å². The van der Waals surface area contributed by atoms with Crippen LogP contribution in [0.4, 0.5) is 11.4 Å². The van der Waals surface area contributed by atoms with Crippen molar-refractivity contribution in [3.05, 3.63) is 73.3 Å². The van der Waals surface area contributed by atoms with E-state index in [1.54, 1.807) is 11.0 Å². The largest absolute Gasteiger partial charge is 0.468 e. The van der Waals surface area contributed by atoms with Crippen molar-refractivity contribution in [2.24, 2.45) is 11.3 Å². The molecule has 0 heterocycles. The molecule has 24 heavy (non-hydrogen) atoms. The van der Waals surface area contributed by atoms with Gasteiger partial charge >= 0.3 is 5.97 Å². The number of rotatable bonds is 5. The molecule has 0 aromatic heterocycles. The first kappa shape index (κ1) is 16.0. The van der Waals surface area contributed by atoms with Crippen molar-refractivity contribution < 1.29 is 14.3 Å². The molecule has 4 heteroatoms. The smallest absolute Gasteiger partial charge is 0.322 e. The average Bonchev–Trinajstić information content (AvgIpc) is 3.39. The number of hydrogen-bond donors (Lipinski definition) is 0. The lowest BCUT2D eigenvalue weighted by atomic mass is 10.0. The van der Waals surface area contributed by atoms with E-state index in [2.05, 4.69) is 6.58 Å². The Bertz CT molecular complexity index is 717. The van der Waals surface area contributed by atoms with Crippen molar-refractivity contribution in [2.45, 2.75) is 6.42 Å². The van der Waals surface area contributed by atoms with E-state index in [1.165, 1.54) is 7.11 Å². The number of carbonyl (C=O) groups excluding carboxylic acids is 2. The number of para-hydroxylation sites is 2. The van der Waals surface area contributed by atoms with Crippen LogP contribution in [-0.2, 0) is 14.3 Å². The predicted molar refractivity (Wildman–Crippen MR) is 92.8 cm³/mol. The van der Waals surface area contributed by atoms with Gasteiger partial charge in [-0.3, -0.25) is 14.5 Å². The van der Waals surface area contributed by atoms with Crippen molar-refractivity contribution >= 4 is 23.3 Å². The minimum atomic E-state index is -1.18. The number of esters is 1. The van der Waals surface area contributed by atoms with E-state index >= 15 is 0 Å². The van der Waals surface area contributed by atoms with Crippen molar-refractivity contribution in [1.82, 2.24) is 0 Å². The molecular formula is C20H19NO3. The molecule has 0 radical (unpaired) electrons. The van der Waals surface area contributed by atoms with Gasteiger partial charge in [-0.1, -0.05) is 42.5 Å². The van der Waals surface area contributed by atoms with Crippen LogP contribution < -0.4 is 4.90 Å². The Morgan fingerprint density at radius 3 is 1.96 bits per heavy atom. The fraction of sp³-hybridized carbons (Fsp3) is 0.200. The quantitative estimate of drug-likeness (QED) is 0.479. The molecule has 122 valence electrons. The van der Waals surface area contributed by atoms with E-state index in [9.17, 15) is 9.59 Å². The summed E-state index contributed by atoms with van der Waals surface area (Å²) in [5.41, 5.74) is 0.251. The summed E-state index contributed by atoms with van der Waals surface area (Å²) in [5, 5.41) is 0. The summed E-state index contributed by atoms with van der Waals surface area (Å²) < 4.78 is 4.92. The normalized spacial score (nSPS) is 21.6. The zero-order valence-electron chi connectivity index (χ0n) is 13.5. The van der Waals surface area contributed by atoms with Crippen LogP contribution in [0.1, 0.15) is 6.42 Å². The Kier molecular flexibility index (Phi) is 4.21. The standard InChI is InChI=1S/C20H19NO3/c1-3-15-14-20(15,19(23)24-2)18(22)21(16-10-6-4-7-11-16)17-12-8-5-9-13-17/h3-13,15H,1,14H2,2H3/t15-,20-/m1/s1. The Hall–Kier alpha value is -2.88. The van der Waals surface area contributed by atoms with Crippen LogP contribution in [0.5, 0.6) is 0 Å². The van der Waals surface area contributed by atoms with E-state index in [0.717, 1.165) is 0 Å². The number of carbonyl (C=O) groups is 2. The first-order valence-electron chi connectivity index (χ1n) is 7.80. The molecule has 1 fully saturated rings. The highest BCUT2D eigenvalue weighted by atomic mass is 16.5. The third kappa shape index (κ3) is 2.50. The molecule has 0 spiro atoms. The first-order chi connectivity index (χ1) is 11.6. The van der Waals surface area contributed by atoms with Gasteiger partial charge in [-0.2, -0.15) is 0 Å². The van der Waals surface area contributed by atoms with Crippen LogP contribution in [0.3, 0.4) is 0 Å². The zero-order chi connectivity index (χ0) is 17.2. The molecule has 0 N–H and O–H groups in total. The minimum absolute atomic E-state index is 0.202. The third-order valence-electron chi connectivity index (χ3n) is 4.46. The number of amides is 1. The summed E-state index contributed by atoms with van der Waals surface area (Å²) in [6.07, 6.45) is 2.08. The summed E-state index contributed by atoms with van der Waals surface area (Å²) in [7, 11) is 1.31. The molecular weight excluding hydrogens is 302 g/mol. The maximum atomic E-state index is 13.4. The number of hydrogen-bond acceptors (Lipinski definition) is 3. The predicted octanol–water partition coefficient (Wildman–Crippen LogP) is 3.72. The van der Waals surface area contributed by atoms with Gasteiger partial charge in [0.2, 0.25) is 5.91 Å². The lowest BCUT2D eigenvalue weighted by Crippen LogP contribution is -2.40. The molecule has 2 atom stereocenters. The molecule has 0 aliphatic heterocycles. The number of benzene rings is 2. The van der Waals surface area contributed by atoms with Crippen molar-refractivity contribution in [3.63, 3.8) is 0 Å². The van der Waals surface area contributed by atoms with E-state index in [0.29, 0.717) is 17.8 Å². The maximum Gasteiger partial charge on any atom is 0.322 e. The van der Waals surface area contributed by atoms with E-state index in [1.807, 2.05) is 60.7 Å². The van der Waals surface area contributed by atoms with Gasteiger partial charge in [-0.25, -0.2) is 0 Å². The summed E-state index contributed by atoms with van der Waals surface area (Å²) in [4.78, 5) is 27.3. The fourth-order valence-corrected chi connectivity index (χ4v) is 3.06. The van der Waals surface area contributed by atoms with Gasteiger partial charge in [0, 0.05) is 17.3 Å². The van der Waals surface area contributed by atoms with Gasteiger partial charge in [0.25, 0.3) is 0 Å². The second-order valence-corrected chi connectivity index (χ2v) is 5.82. The Balaban J connectivity index is 2.08. The fourth-order valence-electron chi connectivity index (χ4n) is 3.06. The SMILES string of the molecule is C=C[C@@H]1C[C@]1(C(=O)OC)C(=O)N(c1ccccc1)c1ccccc1. The van der Waals surface area contributed by atoms with Gasteiger partial charge < -0.3 is 4.74 Å². The Labute approximate surface area is 141 Å². The zero-order valence-corrected chi connectivity index (χ0v) is 13.5. The number of allylic oxidation sites excluding steroid dienone is 1. The van der Waals surface area contributed by atoms with Crippen LogP contribution in [-0.4, -0.2) is 19.0 Å². The van der Waals surface area contributed by atoms with Crippen molar-refractivity contribution in [1.29, 1.82) is 0 Å².